The molecule has 1 unspecified atom stereocenters. The van der Waals surface area contributed by atoms with E-state index >= 15 is 0 Å². The Bertz CT molecular complexity index is 417. The highest BCUT2D eigenvalue weighted by Crippen LogP contribution is 2.21. The first-order valence-electron chi connectivity index (χ1n) is 6.63. The number of nitrogens with zero attached hydrogens (tertiary/aromatic N) is 1. The van der Waals surface area contributed by atoms with Gasteiger partial charge in [0.05, 0.1) is 0 Å². The van der Waals surface area contributed by atoms with Crippen LogP contribution in [0.1, 0.15) is 30.4 Å². The van der Waals surface area contributed by atoms with Gasteiger partial charge in [0.15, 0.2) is 0 Å². The van der Waals surface area contributed by atoms with Crippen LogP contribution >= 0.6 is 0 Å². The lowest BCUT2D eigenvalue weighted by atomic mass is 9.94. The second-order valence-corrected chi connectivity index (χ2v) is 5.33. The highest BCUT2D eigenvalue weighted by Gasteiger charge is 2.21. The number of piperidine rings is 1. The van der Waals surface area contributed by atoms with E-state index in [0.717, 1.165) is 32.5 Å². The number of hydrogen-bond donors (Lipinski definition) is 1. The van der Waals surface area contributed by atoms with Crippen molar-refractivity contribution in [3.05, 3.63) is 35.4 Å². The van der Waals surface area contributed by atoms with Gasteiger partial charge in [-0.05, 0) is 37.8 Å². The highest BCUT2D eigenvalue weighted by atomic mass is 16.4. The lowest BCUT2D eigenvalue weighted by molar-refractivity contribution is -0.138. The summed E-state index contributed by atoms with van der Waals surface area (Å²) in [6, 6.07) is 8.55. The van der Waals surface area contributed by atoms with Gasteiger partial charge in [0.2, 0.25) is 0 Å². The molecule has 3 heteroatoms. The molecule has 1 aliphatic rings. The van der Waals surface area contributed by atoms with Crippen molar-refractivity contribution in [2.75, 3.05) is 13.1 Å². The second-order valence-electron chi connectivity index (χ2n) is 5.33. The smallest absolute Gasteiger partial charge is 0.303 e. The van der Waals surface area contributed by atoms with E-state index < -0.39 is 5.97 Å². The van der Waals surface area contributed by atoms with Crippen LogP contribution in [0.3, 0.4) is 0 Å². The van der Waals surface area contributed by atoms with Crippen molar-refractivity contribution >= 4 is 5.97 Å². The number of hydrogen-bond acceptors (Lipinski definition) is 2. The van der Waals surface area contributed by atoms with Gasteiger partial charge in [0.25, 0.3) is 0 Å². The minimum Gasteiger partial charge on any atom is -0.481 e. The zero-order chi connectivity index (χ0) is 13.0. The Morgan fingerprint density at radius 1 is 1.50 bits per heavy atom. The first-order valence-corrected chi connectivity index (χ1v) is 6.63. The zero-order valence-electron chi connectivity index (χ0n) is 10.9. The Labute approximate surface area is 108 Å². The summed E-state index contributed by atoms with van der Waals surface area (Å²) in [6.07, 6.45) is 2.48. The van der Waals surface area contributed by atoms with Crippen LogP contribution in [-0.2, 0) is 11.3 Å². The van der Waals surface area contributed by atoms with E-state index in [4.69, 9.17) is 5.11 Å². The maximum atomic E-state index is 10.8. The normalized spacial score (nSPS) is 20.8. The van der Waals surface area contributed by atoms with Gasteiger partial charge in [-0.15, -0.1) is 0 Å². The fraction of sp³-hybridized carbons (Fsp3) is 0.533. The van der Waals surface area contributed by atoms with Crippen molar-refractivity contribution in [3.8, 4) is 0 Å². The molecule has 0 radical (unpaired) electrons. The highest BCUT2D eigenvalue weighted by molar-refractivity contribution is 5.67. The van der Waals surface area contributed by atoms with Gasteiger partial charge < -0.3 is 5.11 Å². The number of aryl methyl sites for hydroxylation is 1. The van der Waals surface area contributed by atoms with Crippen molar-refractivity contribution in [1.82, 2.24) is 4.90 Å². The molecule has 1 heterocycles. The Hall–Kier alpha value is -1.35. The number of carbonyl (C=O) groups is 1. The van der Waals surface area contributed by atoms with Crippen LogP contribution in [0.2, 0.25) is 0 Å². The van der Waals surface area contributed by atoms with Crippen LogP contribution < -0.4 is 0 Å². The predicted octanol–water partition coefficient (Wildman–Crippen LogP) is 2.68. The molecular formula is C15H21NO2. The molecule has 0 bridgehead atoms. The largest absolute Gasteiger partial charge is 0.481 e. The SMILES string of the molecule is Cc1cccc(CN2CCCC(CC(=O)O)C2)c1. The summed E-state index contributed by atoms with van der Waals surface area (Å²) in [5.41, 5.74) is 2.61. The lowest BCUT2D eigenvalue weighted by Crippen LogP contribution is -2.35. The molecule has 0 spiro atoms. The predicted molar refractivity (Wildman–Crippen MR) is 71.4 cm³/mol. The van der Waals surface area contributed by atoms with Crippen LogP contribution in [0.4, 0.5) is 0 Å². The van der Waals surface area contributed by atoms with Gasteiger partial charge in [-0.25, -0.2) is 0 Å². The van der Waals surface area contributed by atoms with Gasteiger partial charge in [0, 0.05) is 19.5 Å². The van der Waals surface area contributed by atoms with E-state index in [2.05, 4.69) is 36.1 Å². The van der Waals surface area contributed by atoms with E-state index in [1.807, 2.05) is 0 Å². The van der Waals surface area contributed by atoms with Crippen molar-refractivity contribution in [1.29, 1.82) is 0 Å². The van der Waals surface area contributed by atoms with Gasteiger partial charge in [0.1, 0.15) is 0 Å². The number of rotatable bonds is 4. The lowest BCUT2D eigenvalue weighted by Gasteiger charge is -2.32. The van der Waals surface area contributed by atoms with Gasteiger partial charge in [-0.2, -0.15) is 0 Å². The molecule has 0 aromatic heterocycles. The number of carboxylic acid groups (broad SMARTS) is 1. The number of aliphatic carboxylic acids is 1. The number of carboxylic acids is 1. The summed E-state index contributed by atoms with van der Waals surface area (Å²) in [6.45, 7) is 5.05. The summed E-state index contributed by atoms with van der Waals surface area (Å²) in [5.74, 6) is -0.349. The van der Waals surface area contributed by atoms with Crippen LogP contribution in [0.5, 0.6) is 0 Å². The molecule has 1 aliphatic heterocycles. The first kappa shape index (κ1) is 13.1. The third-order valence-corrected chi connectivity index (χ3v) is 3.56. The molecule has 1 atom stereocenters. The Morgan fingerprint density at radius 3 is 3.06 bits per heavy atom. The standard InChI is InChI=1S/C15H21NO2/c1-12-4-2-5-13(8-12)10-16-7-3-6-14(11-16)9-15(17)18/h2,4-5,8,14H,3,6-7,9-11H2,1H3,(H,17,18). The molecule has 1 aromatic carbocycles. The maximum Gasteiger partial charge on any atom is 0.303 e. The van der Waals surface area contributed by atoms with E-state index in [-0.39, 0.29) is 0 Å². The molecule has 1 aromatic rings. The van der Waals surface area contributed by atoms with Crippen LogP contribution in [0, 0.1) is 12.8 Å². The summed E-state index contributed by atoms with van der Waals surface area (Å²) >= 11 is 0. The van der Waals surface area contributed by atoms with Gasteiger partial charge in [-0.1, -0.05) is 29.8 Å². The van der Waals surface area contributed by atoms with Crippen molar-refractivity contribution in [3.63, 3.8) is 0 Å². The fourth-order valence-corrected chi connectivity index (χ4v) is 2.78. The second kappa shape index (κ2) is 6.01. The molecule has 2 rings (SSSR count). The van der Waals surface area contributed by atoms with Crippen molar-refractivity contribution in [2.24, 2.45) is 5.92 Å². The average molecular weight is 247 g/mol. The quantitative estimate of drug-likeness (QED) is 0.889. The topological polar surface area (TPSA) is 40.5 Å². The van der Waals surface area contributed by atoms with E-state index in [9.17, 15) is 4.79 Å². The molecule has 3 nitrogen and oxygen atoms in total. The summed E-state index contributed by atoms with van der Waals surface area (Å²) < 4.78 is 0. The number of benzene rings is 1. The molecule has 98 valence electrons. The van der Waals surface area contributed by atoms with Crippen molar-refractivity contribution < 1.29 is 9.90 Å². The first-order chi connectivity index (χ1) is 8.63. The molecular weight excluding hydrogens is 226 g/mol. The van der Waals surface area contributed by atoms with Gasteiger partial charge in [-0.3, -0.25) is 9.69 Å². The average Bonchev–Trinajstić information content (AvgIpc) is 2.28. The molecule has 1 fully saturated rings. The molecule has 1 saturated heterocycles. The fourth-order valence-electron chi connectivity index (χ4n) is 2.78. The van der Waals surface area contributed by atoms with E-state index in [1.165, 1.54) is 11.1 Å². The summed E-state index contributed by atoms with van der Waals surface area (Å²) in [7, 11) is 0. The van der Waals surface area contributed by atoms with Crippen LogP contribution in [-0.4, -0.2) is 29.1 Å². The molecule has 18 heavy (non-hydrogen) atoms. The van der Waals surface area contributed by atoms with Crippen LogP contribution in [0.25, 0.3) is 0 Å². The monoisotopic (exact) mass is 247 g/mol. The Morgan fingerprint density at radius 2 is 2.33 bits per heavy atom. The third kappa shape index (κ3) is 3.84. The Kier molecular flexibility index (Phi) is 4.37. The van der Waals surface area contributed by atoms with Gasteiger partial charge >= 0.3 is 5.97 Å². The molecule has 0 amide bonds. The zero-order valence-corrected chi connectivity index (χ0v) is 10.9. The number of likely N-dealkylation sites (tertiary alicyclic amines) is 1. The minimum atomic E-state index is -0.669. The minimum absolute atomic E-state index is 0.310. The molecule has 1 N–H and O–H groups in total. The van der Waals surface area contributed by atoms with E-state index in [1.54, 1.807) is 0 Å². The maximum absolute atomic E-state index is 10.8. The Balaban J connectivity index is 1.91. The van der Waals surface area contributed by atoms with Crippen molar-refractivity contribution in [2.45, 2.75) is 32.7 Å². The molecule has 0 aliphatic carbocycles. The van der Waals surface area contributed by atoms with E-state index in [0.29, 0.717) is 12.3 Å². The summed E-state index contributed by atoms with van der Waals surface area (Å²) in [5, 5.41) is 8.86. The summed E-state index contributed by atoms with van der Waals surface area (Å²) in [4.78, 5) is 13.1. The third-order valence-electron chi connectivity index (χ3n) is 3.56. The van der Waals surface area contributed by atoms with Crippen LogP contribution in [0.15, 0.2) is 24.3 Å². The molecule has 0 saturated carbocycles.